The number of halogens is 1. The van der Waals surface area contributed by atoms with Crippen LogP contribution in [0, 0.1) is 0 Å². The summed E-state index contributed by atoms with van der Waals surface area (Å²) in [6.45, 7) is 1.65. The molecule has 0 saturated heterocycles. The third-order valence-electron chi connectivity index (χ3n) is 5.81. The zero-order valence-electron chi connectivity index (χ0n) is 20.5. The molecule has 2 aromatic carbocycles. The zero-order valence-corrected chi connectivity index (χ0v) is 20.5. The molecular formula is C26H23FN6O5. The van der Waals surface area contributed by atoms with E-state index in [1.54, 1.807) is 55.6 Å². The molecule has 0 aliphatic heterocycles. The van der Waals surface area contributed by atoms with Gasteiger partial charge in [0.05, 0.1) is 11.7 Å². The number of hydrogen-bond acceptors (Lipinski definition) is 7. The van der Waals surface area contributed by atoms with Crippen LogP contribution in [0.3, 0.4) is 0 Å². The molecule has 0 saturated carbocycles. The molecule has 11 nitrogen and oxygen atoms in total. The lowest BCUT2D eigenvalue weighted by Gasteiger charge is -2.11. The molecule has 0 aliphatic rings. The number of nitrogens with zero attached hydrogens (tertiary/aromatic N) is 4. The lowest BCUT2D eigenvalue weighted by molar-refractivity contribution is 0.0860. The molecule has 194 valence electrons. The maximum Gasteiger partial charge on any atom is 0.419 e. The van der Waals surface area contributed by atoms with Gasteiger partial charge in [0.2, 0.25) is 6.36 Å². The Morgan fingerprint density at radius 3 is 2.50 bits per heavy atom. The number of aromatic nitrogens is 4. The first-order valence-corrected chi connectivity index (χ1v) is 11.7. The molecule has 3 aromatic heterocycles. The van der Waals surface area contributed by atoms with Crippen molar-refractivity contribution in [2.24, 2.45) is 7.05 Å². The van der Waals surface area contributed by atoms with E-state index in [9.17, 15) is 18.8 Å². The quantitative estimate of drug-likeness (QED) is 0.323. The summed E-state index contributed by atoms with van der Waals surface area (Å²) in [5.41, 5.74) is 3.09. The molecule has 5 rings (SSSR count). The molecule has 1 atom stereocenters. The minimum Gasteiger partial charge on any atom is -0.461 e. The highest BCUT2D eigenvalue weighted by atomic mass is 19.1. The highest BCUT2D eigenvalue weighted by molar-refractivity contribution is 5.98. The Morgan fingerprint density at radius 1 is 1.03 bits per heavy atom. The van der Waals surface area contributed by atoms with Crippen molar-refractivity contribution in [2.45, 2.75) is 26.4 Å². The van der Waals surface area contributed by atoms with Gasteiger partial charge in [-0.2, -0.15) is 5.10 Å². The second-order valence-electron chi connectivity index (χ2n) is 8.53. The molecular weight excluding hydrogens is 495 g/mol. The molecule has 5 aromatic rings. The van der Waals surface area contributed by atoms with E-state index in [2.05, 4.69) is 20.7 Å². The second-order valence-corrected chi connectivity index (χ2v) is 8.53. The first kappa shape index (κ1) is 24.7. The predicted octanol–water partition coefficient (Wildman–Crippen LogP) is 2.73. The molecule has 2 N–H and O–H groups in total. The van der Waals surface area contributed by atoms with Crippen LogP contribution in [-0.4, -0.2) is 37.3 Å². The Balaban J connectivity index is 1.29. The van der Waals surface area contributed by atoms with E-state index in [0.29, 0.717) is 22.5 Å². The minimum absolute atomic E-state index is 0.0433. The van der Waals surface area contributed by atoms with Crippen molar-refractivity contribution < 1.29 is 23.1 Å². The summed E-state index contributed by atoms with van der Waals surface area (Å²) in [6.07, 6.45) is 0.0565. The molecule has 1 unspecified atom stereocenters. The third kappa shape index (κ3) is 5.09. The van der Waals surface area contributed by atoms with Crippen LogP contribution in [0.15, 0.2) is 70.0 Å². The van der Waals surface area contributed by atoms with Gasteiger partial charge in [-0.1, -0.05) is 18.2 Å². The number of ether oxygens (including phenoxy) is 1. The summed E-state index contributed by atoms with van der Waals surface area (Å²) in [7, 11) is 1.60. The number of oxazole rings is 1. The number of alkyl halides is 1. The number of benzene rings is 2. The highest BCUT2D eigenvalue weighted by Gasteiger charge is 2.18. The molecule has 0 radical (unpaired) electrons. The predicted molar refractivity (Wildman–Crippen MR) is 134 cm³/mol. The van der Waals surface area contributed by atoms with Gasteiger partial charge in [0.1, 0.15) is 17.1 Å². The van der Waals surface area contributed by atoms with E-state index < -0.39 is 23.9 Å². The summed E-state index contributed by atoms with van der Waals surface area (Å²) in [5, 5.41) is 9.72. The first-order valence-electron chi connectivity index (χ1n) is 11.7. The second kappa shape index (κ2) is 10.2. The summed E-state index contributed by atoms with van der Waals surface area (Å²) in [6, 6.07) is 14.8. The molecule has 38 heavy (non-hydrogen) atoms. The largest absolute Gasteiger partial charge is 0.461 e. The Bertz CT molecular complexity index is 1700. The Morgan fingerprint density at radius 2 is 1.74 bits per heavy atom. The average Bonchev–Trinajstić information content (AvgIpc) is 3.49. The Kier molecular flexibility index (Phi) is 6.60. The summed E-state index contributed by atoms with van der Waals surface area (Å²) >= 11 is 0. The summed E-state index contributed by atoms with van der Waals surface area (Å²) in [4.78, 5) is 42.0. The summed E-state index contributed by atoms with van der Waals surface area (Å²) in [5.74, 6) is -1.03. The van der Waals surface area contributed by atoms with Crippen LogP contribution in [0.5, 0.6) is 5.75 Å². The third-order valence-corrected chi connectivity index (χ3v) is 5.81. The fourth-order valence-corrected chi connectivity index (χ4v) is 3.89. The van der Waals surface area contributed by atoms with Crippen molar-refractivity contribution in [1.29, 1.82) is 0 Å². The number of amides is 2. The van der Waals surface area contributed by atoms with Crippen LogP contribution in [0.4, 0.5) is 4.39 Å². The van der Waals surface area contributed by atoms with Gasteiger partial charge < -0.3 is 19.8 Å². The van der Waals surface area contributed by atoms with E-state index in [4.69, 9.17) is 9.15 Å². The van der Waals surface area contributed by atoms with Crippen molar-refractivity contribution in [3.63, 3.8) is 0 Å². The maximum atomic E-state index is 13.0. The number of nitrogens with one attached hydrogen (secondary N) is 2. The number of fused-ring (bicyclic) bond motifs is 2. The van der Waals surface area contributed by atoms with Gasteiger partial charge in [0, 0.05) is 39.2 Å². The lowest BCUT2D eigenvalue weighted by atomic mass is 10.2. The van der Waals surface area contributed by atoms with Crippen molar-refractivity contribution in [2.75, 3.05) is 0 Å². The van der Waals surface area contributed by atoms with Gasteiger partial charge in [-0.25, -0.2) is 18.7 Å². The van der Waals surface area contributed by atoms with Crippen molar-refractivity contribution in [3.8, 4) is 5.75 Å². The van der Waals surface area contributed by atoms with Gasteiger partial charge in [-0.05, 0) is 35.4 Å². The number of aryl methyl sites for hydroxylation is 1. The fraction of sp³-hybridized carbons (Fsp3) is 0.192. The molecule has 12 heteroatoms. The normalized spacial score (nSPS) is 12.0. The topological polar surface area (TPSA) is 133 Å². The van der Waals surface area contributed by atoms with Gasteiger partial charge in [0.25, 0.3) is 11.8 Å². The number of rotatable bonds is 8. The van der Waals surface area contributed by atoms with Gasteiger partial charge >= 0.3 is 5.76 Å². The Hall–Kier alpha value is -5.00. The van der Waals surface area contributed by atoms with Crippen LogP contribution in [0.1, 0.15) is 39.0 Å². The molecule has 0 spiro atoms. The monoisotopic (exact) mass is 518 g/mol. The van der Waals surface area contributed by atoms with E-state index in [1.165, 1.54) is 28.3 Å². The lowest BCUT2D eigenvalue weighted by Crippen LogP contribution is -2.28. The molecule has 3 heterocycles. The van der Waals surface area contributed by atoms with Crippen molar-refractivity contribution in [1.82, 2.24) is 29.8 Å². The molecule has 0 aliphatic carbocycles. The van der Waals surface area contributed by atoms with Crippen LogP contribution >= 0.6 is 0 Å². The molecule has 0 fully saturated rings. The zero-order chi connectivity index (χ0) is 26.8. The van der Waals surface area contributed by atoms with Crippen LogP contribution < -0.4 is 21.1 Å². The van der Waals surface area contributed by atoms with Gasteiger partial charge in [-0.3, -0.25) is 14.2 Å². The van der Waals surface area contributed by atoms with Crippen molar-refractivity contribution in [3.05, 3.63) is 93.9 Å². The molecule has 0 bridgehead atoms. The van der Waals surface area contributed by atoms with Gasteiger partial charge in [-0.15, -0.1) is 0 Å². The molecule has 2 amide bonds. The average molecular weight is 519 g/mol. The van der Waals surface area contributed by atoms with Gasteiger partial charge in [0.15, 0.2) is 11.2 Å². The van der Waals surface area contributed by atoms with E-state index in [0.717, 1.165) is 11.1 Å². The van der Waals surface area contributed by atoms with E-state index in [-0.39, 0.29) is 24.5 Å². The van der Waals surface area contributed by atoms with E-state index >= 15 is 0 Å². The van der Waals surface area contributed by atoms with Crippen LogP contribution in [-0.2, 0) is 20.1 Å². The van der Waals surface area contributed by atoms with E-state index in [1.807, 2.05) is 0 Å². The van der Waals surface area contributed by atoms with Crippen LogP contribution in [0.25, 0.3) is 16.7 Å². The SMILES string of the molecule is CC(F)Oc1ccc(CNC(=O)c2cc(C(=O)NCc3ccc4oc(=O)n(C)c4c3)nc3ccnn23)cc1. The summed E-state index contributed by atoms with van der Waals surface area (Å²) < 4.78 is 25.8. The Labute approximate surface area is 214 Å². The number of carbonyl (C=O) groups excluding carboxylic acids is 2. The number of carbonyl (C=O) groups is 2. The maximum absolute atomic E-state index is 13.0. The fourth-order valence-electron chi connectivity index (χ4n) is 3.89. The standard InChI is InChI=1S/C26H23FN6O5/c1-15(27)37-18-6-3-16(4-7-18)13-29-25(35)21-12-19(31-23-9-10-30-33(21)23)24(34)28-14-17-5-8-22-20(11-17)32(2)26(36)38-22/h3-12,15H,13-14H2,1-2H3,(H,28,34)(H,29,35). The van der Waals surface area contributed by atoms with Crippen molar-refractivity contribution >= 4 is 28.6 Å². The smallest absolute Gasteiger partial charge is 0.419 e. The number of hydrogen-bond donors (Lipinski definition) is 2. The van der Waals surface area contributed by atoms with Crippen LogP contribution in [0.2, 0.25) is 0 Å². The minimum atomic E-state index is -1.43. The highest BCUT2D eigenvalue weighted by Crippen LogP contribution is 2.16. The first-order chi connectivity index (χ1) is 18.3.